The number of hydrogen-bond acceptors (Lipinski definition) is 4. The number of hydrogen-bond donors (Lipinski definition) is 1. The molecule has 10 heteroatoms. The highest BCUT2D eigenvalue weighted by molar-refractivity contribution is 8.00. The van der Waals surface area contributed by atoms with Gasteiger partial charge in [0.1, 0.15) is 6.33 Å². The SMILES string of the molecule is C[C@@H](Sc1nncn1C1CC1)C(=O)Nc1cc(C(F)(F)F)ccc1Cl. The number of carbonyl (C=O) groups excluding carboxylic acids is 1. The number of rotatable bonds is 5. The smallest absolute Gasteiger partial charge is 0.324 e. The molecule has 0 unspecified atom stereocenters. The van der Waals surface area contributed by atoms with E-state index in [4.69, 9.17) is 11.6 Å². The van der Waals surface area contributed by atoms with E-state index in [2.05, 4.69) is 15.5 Å². The maximum absolute atomic E-state index is 12.8. The van der Waals surface area contributed by atoms with E-state index in [-0.39, 0.29) is 10.7 Å². The molecule has 25 heavy (non-hydrogen) atoms. The molecule has 134 valence electrons. The van der Waals surface area contributed by atoms with E-state index in [1.54, 1.807) is 13.3 Å². The van der Waals surface area contributed by atoms with Crippen LogP contribution in [0, 0.1) is 0 Å². The summed E-state index contributed by atoms with van der Waals surface area (Å²) in [5.41, 5.74) is -0.946. The highest BCUT2D eigenvalue weighted by Gasteiger charge is 2.31. The second-order valence-corrected chi connectivity index (χ2v) is 7.41. The van der Waals surface area contributed by atoms with Crippen LogP contribution >= 0.6 is 23.4 Å². The summed E-state index contributed by atoms with van der Waals surface area (Å²) >= 11 is 7.10. The number of amides is 1. The summed E-state index contributed by atoms with van der Waals surface area (Å²) in [5, 5.41) is 10.4. The molecule has 1 saturated carbocycles. The molecule has 0 radical (unpaired) electrons. The van der Waals surface area contributed by atoms with Gasteiger partial charge in [-0.15, -0.1) is 10.2 Å². The number of thioether (sulfide) groups is 1. The molecular weight excluding hydrogens is 377 g/mol. The van der Waals surface area contributed by atoms with Gasteiger partial charge in [-0.3, -0.25) is 4.79 Å². The molecule has 1 aromatic carbocycles. The van der Waals surface area contributed by atoms with E-state index >= 15 is 0 Å². The molecule has 5 nitrogen and oxygen atoms in total. The van der Waals surface area contributed by atoms with Gasteiger partial charge in [0.15, 0.2) is 5.16 Å². The third kappa shape index (κ3) is 4.27. The van der Waals surface area contributed by atoms with Gasteiger partial charge < -0.3 is 9.88 Å². The quantitative estimate of drug-likeness (QED) is 0.768. The Labute approximate surface area is 150 Å². The van der Waals surface area contributed by atoms with Crippen LogP contribution in [-0.4, -0.2) is 25.9 Å². The van der Waals surface area contributed by atoms with Crippen LogP contribution in [0.2, 0.25) is 5.02 Å². The van der Waals surface area contributed by atoms with Gasteiger partial charge in [-0.05, 0) is 38.0 Å². The van der Waals surface area contributed by atoms with Crippen LogP contribution in [0.5, 0.6) is 0 Å². The molecule has 0 aliphatic heterocycles. The van der Waals surface area contributed by atoms with Crippen LogP contribution in [0.3, 0.4) is 0 Å². The van der Waals surface area contributed by atoms with Crippen LogP contribution in [-0.2, 0) is 11.0 Å². The summed E-state index contributed by atoms with van der Waals surface area (Å²) in [6, 6.07) is 3.17. The van der Waals surface area contributed by atoms with Crippen molar-refractivity contribution in [2.24, 2.45) is 0 Å². The molecular formula is C15H14ClF3N4OS. The van der Waals surface area contributed by atoms with Gasteiger partial charge in [-0.25, -0.2) is 0 Å². The fourth-order valence-corrected chi connectivity index (χ4v) is 3.22. The standard InChI is InChI=1S/C15H14ClF3N4OS/c1-8(25-14-22-20-7-23(14)10-3-4-10)13(24)21-12-6-9(15(17,18)19)2-5-11(12)16/h2,5-8,10H,3-4H2,1H3,(H,21,24)/t8-/m1/s1. The molecule has 1 amide bonds. The molecule has 1 aliphatic carbocycles. The first-order valence-corrected chi connectivity index (χ1v) is 8.75. The van der Waals surface area contributed by atoms with Crippen molar-refractivity contribution in [2.75, 3.05) is 5.32 Å². The lowest BCUT2D eigenvalue weighted by Crippen LogP contribution is -2.23. The third-order valence-electron chi connectivity index (χ3n) is 3.68. The second kappa shape index (κ2) is 6.87. The lowest BCUT2D eigenvalue weighted by molar-refractivity contribution is -0.137. The van der Waals surface area contributed by atoms with Crippen LogP contribution in [0.4, 0.5) is 18.9 Å². The van der Waals surface area contributed by atoms with E-state index in [0.29, 0.717) is 11.2 Å². The molecule has 1 aliphatic rings. The molecule has 0 saturated heterocycles. The zero-order chi connectivity index (χ0) is 18.2. The van der Waals surface area contributed by atoms with E-state index in [1.807, 2.05) is 4.57 Å². The molecule has 1 N–H and O–H groups in total. The van der Waals surface area contributed by atoms with E-state index in [9.17, 15) is 18.0 Å². The number of benzene rings is 1. The number of nitrogens with zero attached hydrogens (tertiary/aromatic N) is 3. The fourth-order valence-electron chi connectivity index (χ4n) is 2.16. The van der Waals surface area contributed by atoms with Crippen LogP contribution in [0.25, 0.3) is 0 Å². The molecule has 1 fully saturated rings. The average molecular weight is 391 g/mol. The fraction of sp³-hybridized carbons (Fsp3) is 0.400. The monoisotopic (exact) mass is 390 g/mol. The van der Waals surface area contributed by atoms with Gasteiger partial charge in [0.2, 0.25) is 5.91 Å². The predicted octanol–water partition coefficient (Wildman–Crippen LogP) is 4.40. The summed E-state index contributed by atoms with van der Waals surface area (Å²) in [5.74, 6) is -0.462. The van der Waals surface area contributed by atoms with Crippen LogP contribution in [0.15, 0.2) is 29.7 Å². The van der Waals surface area contributed by atoms with E-state index < -0.39 is 22.9 Å². The van der Waals surface area contributed by atoms with Gasteiger partial charge in [-0.2, -0.15) is 13.2 Å². The summed E-state index contributed by atoms with van der Waals surface area (Å²) in [6.45, 7) is 1.65. The molecule has 2 aromatic rings. The number of carbonyl (C=O) groups is 1. The predicted molar refractivity (Wildman–Crippen MR) is 88.7 cm³/mol. The molecule has 1 heterocycles. The zero-order valence-electron chi connectivity index (χ0n) is 13.0. The topological polar surface area (TPSA) is 59.8 Å². The summed E-state index contributed by atoms with van der Waals surface area (Å²) in [4.78, 5) is 12.3. The van der Waals surface area contributed by atoms with Crippen LogP contribution < -0.4 is 5.32 Å². The molecule has 1 aromatic heterocycles. The Kier molecular flexibility index (Phi) is 4.97. The minimum Gasteiger partial charge on any atom is -0.324 e. The maximum Gasteiger partial charge on any atom is 0.416 e. The number of nitrogens with one attached hydrogen (secondary N) is 1. The van der Waals surface area contributed by atoms with Crippen molar-refractivity contribution in [1.82, 2.24) is 14.8 Å². The summed E-state index contributed by atoms with van der Waals surface area (Å²) < 4.78 is 40.3. The molecule has 1 atom stereocenters. The Morgan fingerprint density at radius 2 is 2.16 bits per heavy atom. The van der Waals surface area contributed by atoms with E-state index in [0.717, 1.165) is 31.0 Å². The first-order valence-electron chi connectivity index (χ1n) is 7.49. The summed E-state index contributed by atoms with van der Waals surface area (Å²) in [6.07, 6.45) is -0.794. The number of alkyl halides is 3. The summed E-state index contributed by atoms with van der Waals surface area (Å²) in [7, 11) is 0. The Morgan fingerprint density at radius 3 is 2.80 bits per heavy atom. The largest absolute Gasteiger partial charge is 0.416 e. The minimum absolute atomic E-state index is 0.0414. The lowest BCUT2D eigenvalue weighted by atomic mass is 10.2. The van der Waals surface area contributed by atoms with Gasteiger partial charge in [-0.1, -0.05) is 23.4 Å². The van der Waals surface area contributed by atoms with Gasteiger partial charge in [0.25, 0.3) is 0 Å². The Bertz CT molecular complexity index is 791. The Balaban J connectivity index is 1.70. The van der Waals surface area contributed by atoms with Gasteiger partial charge in [0.05, 0.1) is 21.5 Å². The van der Waals surface area contributed by atoms with Crippen molar-refractivity contribution in [3.05, 3.63) is 35.1 Å². The highest BCUT2D eigenvalue weighted by atomic mass is 35.5. The lowest BCUT2D eigenvalue weighted by Gasteiger charge is -2.14. The number of halogens is 4. The average Bonchev–Trinajstić information content (AvgIpc) is 3.28. The van der Waals surface area contributed by atoms with Crippen molar-refractivity contribution < 1.29 is 18.0 Å². The normalized spacial score (nSPS) is 15.9. The first-order chi connectivity index (χ1) is 11.8. The third-order valence-corrected chi connectivity index (χ3v) is 5.08. The van der Waals surface area contributed by atoms with Crippen LogP contribution in [0.1, 0.15) is 31.4 Å². The molecule has 3 rings (SSSR count). The number of aromatic nitrogens is 3. The molecule has 0 bridgehead atoms. The van der Waals surface area contributed by atoms with Gasteiger partial charge >= 0.3 is 6.18 Å². The van der Waals surface area contributed by atoms with Crippen molar-refractivity contribution in [3.63, 3.8) is 0 Å². The zero-order valence-corrected chi connectivity index (χ0v) is 14.6. The van der Waals surface area contributed by atoms with Gasteiger partial charge in [0, 0.05) is 6.04 Å². The van der Waals surface area contributed by atoms with Crippen molar-refractivity contribution in [3.8, 4) is 0 Å². The minimum atomic E-state index is -4.51. The second-order valence-electron chi connectivity index (χ2n) is 5.69. The van der Waals surface area contributed by atoms with Crippen molar-refractivity contribution in [2.45, 2.75) is 42.4 Å². The van der Waals surface area contributed by atoms with Crippen molar-refractivity contribution in [1.29, 1.82) is 0 Å². The van der Waals surface area contributed by atoms with E-state index in [1.165, 1.54) is 11.8 Å². The van der Waals surface area contributed by atoms with Crippen molar-refractivity contribution >= 4 is 35.0 Å². The Hall–Kier alpha value is -1.74. The molecule has 0 spiro atoms. The highest BCUT2D eigenvalue weighted by Crippen LogP contribution is 2.38. The first kappa shape index (κ1) is 18.1. The number of anilines is 1. The maximum atomic E-state index is 12.8. The Morgan fingerprint density at radius 1 is 1.44 bits per heavy atom.